The number of amides is 1. The van der Waals surface area contributed by atoms with E-state index in [1.165, 1.54) is 18.2 Å². The molecule has 0 aliphatic carbocycles. The Labute approximate surface area is 136 Å². The van der Waals surface area contributed by atoms with Gasteiger partial charge in [-0.25, -0.2) is 13.6 Å². The van der Waals surface area contributed by atoms with Crippen molar-refractivity contribution in [3.63, 3.8) is 0 Å². The summed E-state index contributed by atoms with van der Waals surface area (Å²) in [7, 11) is -3.81. The van der Waals surface area contributed by atoms with Crippen LogP contribution in [0.4, 0.5) is 5.69 Å². The summed E-state index contributed by atoms with van der Waals surface area (Å²) >= 11 is 3.31. The first kappa shape index (κ1) is 16.5. The minimum Gasteiger partial charge on any atom is -0.483 e. The molecule has 0 unspecified atom stereocenters. The van der Waals surface area contributed by atoms with Gasteiger partial charge in [-0.2, -0.15) is 0 Å². The predicted molar refractivity (Wildman–Crippen MR) is 86.1 cm³/mol. The number of para-hydroxylation sites is 1. The average Bonchev–Trinajstić information content (AvgIpc) is 2.46. The van der Waals surface area contributed by atoms with Gasteiger partial charge < -0.3 is 10.1 Å². The lowest BCUT2D eigenvalue weighted by Gasteiger charge is -2.09. The molecule has 3 N–H and O–H groups in total. The highest BCUT2D eigenvalue weighted by molar-refractivity contribution is 9.10. The summed E-state index contributed by atoms with van der Waals surface area (Å²) in [4.78, 5) is 11.8. The fourth-order valence-corrected chi connectivity index (χ4v) is 2.61. The van der Waals surface area contributed by atoms with Gasteiger partial charge in [0.2, 0.25) is 10.0 Å². The minimum absolute atomic E-state index is 0.0722. The lowest BCUT2D eigenvalue weighted by atomic mass is 10.3. The molecule has 8 heteroatoms. The van der Waals surface area contributed by atoms with E-state index in [4.69, 9.17) is 9.88 Å². The number of nitrogens with two attached hydrogens (primary N) is 1. The molecule has 0 atom stereocenters. The number of carbonyl (C=O) groups excluding carboxylic acids is 1. The van der Waals surface area contributed by atoms with Crippen molar-refractivity contribution in [2.45, 2.75) is 4.90 Å². The Kier molecular flexibility index (Phi) is 5.17. The third kappa shape index (κ3) is 4.55. The van der Waals surface area contributed by atoms with Gasteiger partial charge in [0.25, 0.3) is 5.91 Å². The van der Waals surface area contributed by atoms with Crippen molar-refractivity contribution in [3.8, 4) is 5.75 Å². The van der Waals surface area contributed by atoms with Crippen LogP contribution in [0.25, 0.3) is 0 Å². The predicted octanol–water partition coefficient (Wildman–Crippen LogP) is 2.11. The van der Waals surface area contributed by atoms with Crippen LogP contribution in [-0.4, -0.2) is 20.9 Å². The van der Waals surface area contributed by atoms with Crippen LogP contribution < -0.4 is 15.2 Å². The van der Waals surface area contributed by atoms with Gasteiger partial charge in [-0.3, -0.25) is 4.79 Å². The highest BCUT2D eigenvalue weighted by Gasteiger charge is 2.10. The molecule has 116 valence electrons. The van der Waals surface area contributed by atoms with Gasteiger partial charge in [-0.05, 0) is 46.3 Å². The van der Waals surface area contributed by atoms with Crippen LogP contribution in [0, 0.1) is 0 Å². The summed E-state index contributed by atoms with van der Waals surface area (Å²) in [6.07, 6.45) is 0. The zero-order valence-corrected chi connectivity index (χ0v) is 13.7. The van der Waals surface area contributed by atoms with Crippen molar-refractivity contribution >= 4 is 37.5 Å². The molecule has 6 nitrogen and oxygen atoms in total. The van der Waals surface area contributed by atoms with Gasteiger partial charge in [-0.1, -0.05) is 18.2 Å². The molecule has 0 aliphatic heterocycles. The van der Waals surface area contributed by atoms with Crippen LogP contribution in [0.2, 0.25) is 0 Å². The molecule has 0 saturated heterocycles. The smallest absolute Gasteiger partial charge is 0.262 e. The molecule has 2 aromatic carbocycles. The van der Waals surface area contributed by atoms with Crippen LogP contribution in [0.3, 0.4) is 0 Å². The maximum absolute atomic E-state index is 11.8. The Morgan fingerprint density at radius 3 is 2.59 bits per heavy atom. The maximum Gasteiger partial charge on any atom is 0.262 e. The standard InChI is InChI=1S/C14H13BrN2O4S/c15-12-6-1-2-7-13(12)21-9-14(18)17-10-4-3-5-11(8-10)22(16,19)20/h1-8H,9H2,(H,17,18)(H2,16,19,20). The molecular weight excluding hydrogens is 372 g/mol. The zero-order valence-electron chi connectivity index (χ0n) is 11.3. The monoisotopic (exact) mass is 384 g/mol. The number of benzene rings is 2. The first-order valence-electron chi connectivity index (χ1n) is 6.16. The SMILES string of the molecule is NS(=O)(=O)c1cccc(NC(=O)COc2ccccc2Br)c1. The van der Waals surface area contributed by atoms with Crippen molar-refractivity contribution in [1.29, 1.82) is 0 Å². The highest BCUT2D eigenvalue weighted by atomic mass is 79.9. The summed E-state index contributed by atoms with van der Waals surface area (Å²) in [6.45, 7) is -0.206. The Balaban J connectivity index is 2.00. The van der Waals surface area contributed by atoms with E-state index < -0.39 is 15.9 Å². The lowest BCUT2D eigenvalue weighted by molar-refractivity contribution is -0.118. The largest absolute Gasteiger partial charge is 0.483 e. The summed E-state index contributed by atoms with van der Waals surface area (Å²) < 4.78 is 28.6. The Hall–Kier alpha value is -1.90. The second kappa shape index (κ2) is 6.91. The molecule has 2 rings (SSSR count). The van der Waals surface area contributed by atoms with Crippen molar-refractivity contribution in [2.75, 3.05) is 11.9 Å². The first-order valence-corrected chi connectivity index (χ1v) is 8.50. The Bertz CT molecular complexity index is 793. The molecule has 22 heavy (non-hydrogen) atoms. The second-order valence-electron chi connectivity index (χ2n) is 4.34. The molecule has 0 aliphatic rings. The number of hydrogen-bond acceptors (Lipinski definition) is 4. The van der Waals surface area contributed by atoms with Gasteiger partial charge in [0.15, 0.2) is 6.61 Å². The van der Waals surface area contributed by atoms with Crippen LogP contribution in [0.1, 0.15) is 0 Å². The molecule has 0 saturated carbocycles. The number of hydrogen-bond donors (Lipinski definition) is 2. The van der Waals surface area contributed by atoms with E-state index >= 15 is 0 Å². The molecule has 0 heterocycles. The number of primary sulfonamides is 1. The number of halogens is 1. The Morgan fingerprint density at radius 1 is 1.18 bits per heavy atom. The number of rotatable bonds is 5. The van der Waals surface area contributed by atoms with E-state index in [0.717, 1.165) is 4.47 Å². The molecule has 1 amide bonds. The van der Waals surface area contributed by atoms with Crippen LogP contribution >= 0.6 is 15.9 Å². The fraction of sp³-hybridized carbons (Fsp3) is 0.0714. The normalized spacial score (nSPS) is 11.0. The number of nitrogens with one attached hydrogen (secondary N) is 1. The highest BCUT2D eigenvalue weighted by Crippen LogP contribution is 2.23. The lowest BCUT2D eigenvalue weighted by Crippen LogP contribution is -2.20. The first-order chi connectivity index (χ1) is 10.4. The van der Waals surface area contributed by atoms with E-state index in [9.17, 15) is 13.2 Å². The summed E-state index contributed by atoms with van der Waals surface area (Å²) in [6, 6.07) is 12.8. The number of ether oxygens (including phenoxy) is 1. The third-order valence-electron chi connectivity index (χ3n) is 2.64. The molecule has 0 bridgehead atoms. The second-order valence-corrected chi connectivity index (χ2v) is 6.76. The molecule has 0 spiro atoms. The van der Waals surface area contributed by atoms with Gasteiger partial charge in [0.05, 0.1) is 9.37 Å². The van der Waals surface area contributed by atoms with Gasteiger partial charge in [0, 0.05) is 5.69 Å². The van der Waals surface area contributed by atoms with E-state index in [0.29, 0.717) is 11.4 Å². The average molecular weight is 385 g/mol. The van der Waals surface area contributed by atoms with Crippen LogP contribution in [0.15, 0.2) is 57.9 Å². The molecule has 2 aromatic rings. The van der Waals surface area contributed by atoms with Crippen LogP contribution in [0.5, 0.6) is 5.75 Å². The third-order valence-corrected chi connectivity index (χ3v) is 4.21. The zero-order chi connectivity index (χ0) is 16.2. The number of sulfonamides is 1. The Morgan fingerprint density at radius 2 is 1.91 bits per heavy atom. The number of carbonyl (C=O) groups is 1. The van der Waals surface area contributed by atoms with Crippen molar-refractivity contribution in [1.82, 2.24) is 0 Å². The van der Waals surface area contributed by atoms with E-state index in [1.807, 2.05) is 6.07 Å². The van der Waals surface area contributed by atoms with Crippen molar-refractivity contribution < 1.29 is 17.9 Å². The summed E-state index contributed by atoms with van der Waals surface area (Å²) in [5.74, 6) is 0.123. The summed E-state index contributed by atoms with van der Waals surface area (Å²) in [5.41, 5.74) is 0.326. The van der Waals surface area contributed by atoms with Crippen LogP contribution in [-0.2, 0) is 14.8 Å². The minimum atomic E-state index is -3.81. The van der Waals surface area contributed by atoms with Crippen molar-refractivity contribution in [2.24, 2.45) is 5.14 Å². The fourth-order valence-electron chi connectivity index (χ4n) is 1.65. The number of anilines is 1. The topological polar surface area (TPSA) is 98.5 Å². The molecule has 0 radical (unpaired) electrons. The van der Waals surface area contributed by atoms with Gasteiger partial charge in [0.1, 0.15) is 5.75 Å². The molecule has 0 aromatic heterocycles. The molecular formula is C14H13BrN2O4S. The van der Waals surface area contributed by atoms with E-state index in [-0.39, 0.29) is 11.5 Å². The molecule has 0 fully saturated rings. The quantitative estimate of drug-likeness (QED) is 0.824. The van der Waals surface area contributed by atoms with E-state index in [2.05, 4.69) is 21.2 Å². The van der Waals surface area contributed by atoms with Gasteiger partial charge in [-0.15, -0.1) is 0 Å². The van der Waals surface area contributed by atoms with Gasteiger partial charge >= 0.3 is 0 Å². The van der Waals surface area contributed by atoms with Crippen molar-refractivity contribution in [3.05, 3.63) is 53.0 Å². The van der Waals surface area contributed by atoms with E-state index in [1.54, 1.807) is 24.3 Å². The maximum atomic E-state index is 11.8. The summed E-state index contributed by atoms with van der Waals surface area (Å²) in [5, 5.41) is 7.58.